The molecule has 4 aromatic rings. The Hall–Kier alpha value is -2.42. The van der Waals surface area contributed by atoms with E-state index in [2.05, 4.69) is 36.1 Å². The van der Waals surface area contributed by atoms with Gasteiger partial charge in [-0.15, -0.1) is 5.10 Å². The zero-order valence-corrected chi connectivity index (χ0v) is 15.1. The van der Waals surface area contributed by atoms with E-state index in [0.29, 0.717) is 15.9 Å². The number of hydrogen-bond donors (Lipinski definition) is 0. The van der Waals surface area contributed by atoms with Gasteiger partial charge in [-0.3, -0.25) is 4.68 Å². The predicted molar refractivity (Wildman–Crippen MR) is 94.2 cm³/mol. The molecular formula is C17H13BrF2N6. The van der Waals surface area contributed by atoms with Crippen molar-refractivity contribution in [3.05, 3.63) is 52.3 Å². The molecule has 1 fully saturated rings. The molecular weight excluding hydrogens is 406 g/mol. The van der Waals surface area contributed by atoms with Crippen LogP contribution in [0.5, 0.6) is 0 Å². The van der Waals surface area contributed by atoms with E-state index in [1.165, 1.54) is 0 Å². The number of fused-ring (bicyclic) bond motifs is 3. The number of rotatable bonds is 4. The fourth-order valence-electron chi connectivity index (χ4n) is 3.20. The van der Waals surface area contributed by atoms with Gasteiger partial charge in [0.1, 0.15) is 18.6 Å². The second kappa shape index (κ2) is 5.80. The summed E-state index contributed by atoms with van der Waals surface area (Å²) in [5, 5.41) is 9.45. The van der Waals surface area contributed by atoms with Gasteiger partial charge in [-0.05, 0) is 40.9 Å². The van der Waals surface area contributed by atoms with Crippen LogP contribution in [-0.4, -0.2) is 29.4 Å². The molecule has 5 rings (SSSR count). The molecule has 0 atom stereocenters. The van der Waals surface area contributed by atoms with Gasteiger partial charge in [-0.25, -0.2) is 23.3 Å². The van der Waals surface area contributed by atoms with Gasteiger partial charge in [0.25, 0.3) is 6.43 Å². The highest BCUT2D eigenvalue weighted by Crippen LogP contribution is 2.45. The molecule has 3 heterocycles. The molecule has 1 saturated carbocycles. The van der Waals surface area contributed by atoms with E-state index in [1.54, 1.807) is 15.5 Å². The van der Waals surface area contributed by atoms with Crippen LogP contribution in [0.1, 0.15) is 42.4 Å². The Labute approximate surface area is 155 Å². The average molecular weight is 419 g/mol. The van der Waals surface area contributed by atoms with Gasteiger partial charge in [-0.1, -0.05) is 12.1 Å². The molecule has 6 nitrogen and oxygen atoms in total. The highest BCUT2D eigenvalue weighted by molar-refractivity contribution is 9.10. The molecule has 132 valence electrons. The molecule has 0 radical (unpaired) electrons. The molecule has 1 aliphatic carbocycles. The lowest BCUT2D eigenvalue weighted by Crippen LogP contribution is -2.07. The van der Waals surface area contributed by atoms with Gasteiger partial charge in [0.2, 0.25) is 0 Å². The SMILES string of the molecule is FC(F)c1nn(Cc2nc3c4ccccc4ncn3n2)c(C2CC2)c1Br. The van der Waals surface area contributed by atoms with Crippen LogP contribution in [0.15, 0.2) is 35.1 Å². The molecule has 1 aromatic carbocycles. The fourth-order valence-corrected chi connectivity index (χ4v) is 3.98. The Bertz CT molecular complexity index is 1130. The van der Waals surface area contributed by atoms with Crippen LogP contribution in [0.25, 0.3) is 16.6 Å². The molecule has 0 amide bonds. The minimum absolute atomic E-state index is 0.220. The number of aromatic nitrogens is 6. The molecule has 0 saturated heterocycles. The van der Waals surface area contributed by atoms with E-state index in [1.807, 2.05) is 24.3 Å². The summed E-state index contributed by atoms with van der Waals surface area (Å²) >= 11 is 3.30. The first kappa shape index (κ1) is 15.8. The second-order valence-electron chi connectivity index (χ2n) is 6.38. The zero-order valence-electron chi connectivity index (χ0n) is 13.5. The van der Waals surface area contributed by atoms with E-state index in [9.17, 15) is 8.78 Å². The minimum atomic E-state index is -2.62. The Morgan fingerprint density at radius 3 is 2.77 bits per heavy atom. The highest BCUT2D eigenvalue weighted by Gasteiger charge is 2.33. The van der Waals surface area contributed by atoms with E-state index >= 15 is 0 Å². The Morgan fingerprint density at radius 2 is 2.00 bits per heavy atom. The van der Waals surface area contributed by atoms with Gasteiger partial charge in [0, 0.05) is 11.3 Å². The van der Waals surface area contributed by atoms with E-state index < -0.39 is 6.43 Å². The topological polar surface area (TPSA) is 60.9 Å². The Balaban J connectivity index is 1.59. The van der Waals surface area contributed by atoms with Crippen LogP contribution in [0.4, 0.5) is 8.78 Å². The lowest BCUT2D eigenvalue weighted by molar-refractivity contribution is 0.144. The summed E-state index contributed by atoms with van der Waals surface area (Å²) in [7, 11) is 0. The van der Waals surface area contributed by atoms with Gasteiger partial charge >= 0.3 is 0 Å². The fraction of sp³-hybridized carbons (Fsp3) is 0.294. The van der Waals surface area contributed by atoms with Crippen molar-refractivity contribution in [1.29, 1.82) is 0 Å². The molecule has 0 aliphatic heterocycles. The molecule has 9 heteroatoms. The minimum Gasteiger partial charge on any atom is -0.260 e. The van der Waals surface area contributed by atoms with E-state index in [-0.39, 0.29) is 18.2 Å². The van der Waals surface area contributed by atoms with Crippen molar-refractivity contribution in [3.63, 3.8) is 0 Å². The van der Waals surface area contributed by atoms with Crippen molar-refractivity contribution in [1.82, 2.24) is 29.4 Å². The number of alkyl halides is 2. The molecule has 0 bridgehead atoms. The average Bonchev–Trinajstić information content (AvgIpc) is 3.28. The molecule has 26 heavy (non-hydrogen) atoms. The number of para-hydroxylation sites is 1. The summed E-state index contributed by atoms with van der Waals surface area (Å²) in [6, 6.07) is 7.68. The standard InChI is InChI=1S/C17H13BrF2N6/c18-13-14(16(19)20)24-25(15(13)9-5-6-9)7-12-22-17-10-3-1-2-4-11(10)21-8-26(17)23-12/h1-4,8-9,16H,5-7H2. The lowest BCUT2D eigenvalue weighted by Gasteiger charge is -2.03. The van der Waals surface area contributed by atoms with Crippen LogP contribution < -0.4 is 0 Å². The van der Waals surface area contributed by atoms with Crippen LogP contribution in [0.2, 0.25) is 0 Å². The third kappa shape index (κ3) is 2.49. The van der Waals surface area contributed by atoms with E-state index in [4.69, 9.17) is 0 Å². The van der Waals surface area contributed by atoms with Crippen molar-refractivity contribution >= 4 is 32.5 Å². The van der Waals surface area contributed by atoms with Crippen molar-refractivity contribution in [2.24, 2.45) is 0 Å². The van der Waals surface area contributed by atoms with Gasteiger partial charge in [0.05, 0.1) is 15.7 Å². The van der Waals surface area contributed by atoms with Crippen molar-refractivity contribution in [3.8, 4) is 0 Å². The van der Waals surface area contributed by atoms with E-state index in [0.717, 1.165) is 29.4 Å². The zero-order chi connectivity index (χ0) is 17.8. The summed E-state index contributed by atoms with van der Waals surface area (Å²) in [5.41, 5.74) is 2.11. The first-order valence-electron chi connectivity index (χ1n) is 8.25. The monoisotopic (exact) mass is 418 g/mol. The quantitative estimate of drug-likeness (QED) is 0.500. The van der Waals surface area contributed by atoms with Crippen molar-refractivity contribution in [2.75, 3.05) is 0 Å². The van der Waals surface area contributed by atoms with Crippen LogP contribution in [0.3, 0.4) is 0 Å². The Morgan fingerprint density at radius 1 is 1.19 bits per heavy atom. The maximum Gasteiger partial charge on any atom is 0.283 e. The summed E-state index contributed by atoms with van der Waals surface area (Å²) in [6.45, 7) is 0.243. The van der Waals surface area contributed by atoms with Crippen molar-refractivity contribution in [2.45, 2.75) is 31.7 Å². The van der Waals surface area contributed by atoms with Gasteiger partial charge in [-0.2, -0.15) is 5.10 Å². The summed E-state index contributed by atoms with van der Waals surface area (Å²) in [4.78, 5) is 8.95. The van der Waals surface area contributed by atoms with Crippen LogP contribution >= 0.6 is 15.9 Å². The molecule has 3 aromatic heterocycles. The molecule has 0 unspecified atom stereocenters. The highest BCUT2D eigenvalue weighted by atomic mass is 79.9. The van der Waals surface area contributed by atoms with Crippen LogP contribution in [-0.2, 0) is 6.54 Å². The maximum atomic E-state index is 13.2. The van der Waals surface area contributed by atoms with Gasteiger partial charge < -0.3 is 0 Å². The Kier molecular flexibility index (Phi) is 3.53. The van der Waals surface area contributed by atoms with Crippen LogP contribution in [0, 0.1) is 0 Å². The number of hydrogen-bond acceptors (Lipinski definition) is 4. The molecule has 0 spiro atoms. The summed E-state index contributed by atoms with van der Waals surface area (Å²) < 4.78 is 30.1. The first-order chi connectivity index (χ1) is 12.6. The molecule has 1 aliphatic rings. The normalized spacial score (nSPS) is 14.8. The first-order valence-corrected chi connectivity index (χ1v) is 9.04. The van der Waals surface area contributed by atoms with Crippen molar-refractivity contribution < 1.29 is 8.78 Å². The predicted octanol–water partition coefficient (Wildman–Crippen LogP) is 4.10. The second-order valence-corrected chi connectivity index (χ2v) is 7.17. The number of nitrogens with zero attached hydrogens (tertiary/aromatic N) is 6. The smallest absolute Gasteiger partial charge is 0.260 e. The lowest BCUT2D eigenvalue weighted by atomic mass is 10.2. The maximum absolute atomic E-state index is 13.2. The summed E-state index contributed by atoms with van der Waals surface area (Å²) in [5.74, 6) is 0.782. The largest absolute Gasteiger partial charge is 0.283 e. The molecule has 0 N–H and O–H groups in total. The van der Waals surface area contributed by atoms with Gasteiger partial charge in [0.15, 0.2) is 11.5 Å². The third-order valence-electron chi connectivity index (χ3n) is 4.54. The summed E-state index contributed by atoms with van der Waals surface area (Å²) in [6.07, 6.45) is 0.963. The third-order valence-corrected chi connectivity index (χ3v) is 5.36. The number of halogens is 3. The number of benzene rings is 1.